The monoisotopic (exact) mass is 284 g/mol. The predicted molar refractivity (Wildman–Crippen MR) is 77.1 cm³/mol. The van der Waals surface area contributed by atoms with Gasteiger partial charge in [-0.2, -0.15) is 0 Å². The van der Waals surface area contributed by atoms with Crippen LogP contribution in [0.4, 0.5) is 0 Å². The molecule has 1 fully saturated rings. The van der Waals surface area contributed by atoms with E-state index in [0.717, 1.165) is 18.8 Å². The number of rotatable bonds is 7. The molecule has 0 aliphatic heterocycles. The Hall–Kier alpha value is -1.06. The van der Waals surface area contributed by atoms with Gasteiger partial charge in [-0.15, -0.1) is 0 Å². The highest BCUT2D eigenvalue weighted by atomic mass is 16.5. The first-order valence-electron chi connectivity index (χ1n) is 7.74. The van der Waals surface area contributed by atoms with Gasteiger partial charge < -0.3 is 9.47 Å². The van der Waals surface area contributed by atoms with Gasteiger partial charge in [-0.25, -0.2) is 0 Å². The zero-order valence-electron chi connectivity index (χ0n) is 13.0. The zero-order valence-corrected chi connectivity index (χ0v) is 13.0. The van der Waals surface area contributed by atoms with Gasteiger partial charge in [-0.3, -0.25) is 9.59 Å². The molecule has 0 saturated heterocycles. The lowest BCUT2D eigenvalue weighted by molar-refractivity contribution is -0.145. The molecule has 0 heterocycles. The summed E-state index contributed by atoms with van der Waals surface area (Å²) < 4.78 is 9.51. The van der Waals surface area contributed by atoms with Gasteiger partial charge in [-0.05, 0) is 30.6 Å². The summed E-state index contributed by atoms with van der Waals surface area (Å²) in [4.78, 5) is 23.1. The molecule has 0 bridgehead atoms. The van der Waals surface area contributed by atoms with Gasteiger partial charge in [0.2, 0.25) is 0 Å². The van der Waals surface area contributed by atoms with Gasteiger partial charge in [0, 0.05) is 12.8 Å². The van der Waals surface area contributed by atoms with E-state index in [4.69, 9.17) is 9.47 Å². The fraction of sp³-hybridized carbons (Fsp3) is 0.875. The van der Waals surface area contributed by atoms with E-state index >= 15 is 0 Å². The molecule has 0 amide bonds. The van der Waals surface area contributed by atoms with E-state index in [1.165, 1.54) is 39.9 Å². The topological polar surface area (TPSA) is 52.6 Å². The number of ether oxygens (including phenoxy) is 2. The Bertz CT molecular complexity index is 288. The first-order valence-corrected chi connectivity index (χ1v) is 7.74. The Morgan fingerprint density at radius 1 is 1.00 bits per heavy atom. The summed E-state index contributed by atoms with van der Waals surface area (Å²) in [7, 11) is 2.80. The summed E-state index contributed by atoms with van der Waals surface area (Å²) in [6.45, 7) is 2.23. The van der Waals surface area contributed by atoms with Crippen LogP contribution in [-0.4, -0.2) is 26.2 Å². The lowest BCUT2D eigenvalue weighted by Gasteiger charge is -2.33. The molecule has 0 unspecified atom stereocenters. The van der Waals surface area contributed by atoms with Crippen LogP contribution < -0.4 is 0 Å². The molecule has 4 heteroatoms. The van der Waals surface area contributed by atoms with Crippen LogP contribution in [0.2, 0.25) is 0 Å². The molecular formula is C16H28O4. The SMILES string of the molecule is CCC[C@H]1CC[C@H](C(CC(=O)OC)CC(=O)OC)CC1. The third-order valence-corrected chi connectivity index (χ3v) is 4.57. The predicted octanol–water partition coefficient (Wildman–Crippen LogP) is 3.34. The van der Waals surface area contributed by atoms with Crippen LogP contribution in [-0.2, 0) is 19.1 Å². The van der Waals surface area contributed by atoms with Crippen molar-refractivity contribution >= 4 is 11.9 Å². The minimum Gasteiger partial charge on any atom is -0.469 e. The summed E-state index contributed by atoms with van der Waals surface area (Å²) in [5.41, 5.74) is 0. The van der Waals surface area contributed by atoms with Crippen molar-refractivity contribution < 1.29 is 19.1 Å². The second kappa shape index (κ2) is 8.98. The van der Waals surface area contributed by atoms with Gasteiger partial charge in [0.25, 0.3) is 0 Å². The van der Waals surface area contributed by atoms with E-state index < -0.39 is 0 Å². The summed E-state index contributed by atoms with van der Waals surface area (Å²) in [6.07, 6.45) is 7.86. The van der Waals surface area contributed by atoms with Crippen molar-refractivity contribution in [2.75, 3.05) is 14.2 Å². The Morgan fingerprint density at radius 2 is 1.50 bits per heavy atom. The Labute approximate surface area is 122 Å². The van der Waals surface area contributed by atoms with Crippen molar-refractivity contribution in [3.05, 3.63) is 0 Å². The molecule has 1 aliphatic rings. The molecule has 1 saturated carbocycles. The number of carbonyl (C=O) groups is 2. The second-order valence-electron chi connectivity index (χ2n) is 5.89. The van der Waals surface area contributed by atoms with Gasteiger partial charge in [-0.1, -0.05) is 32.6 Å². The molecule has 20 heavy (non-hydrogen) atoms. The average Bonchev–Trinajstić information content (AvgIpc) is 2.47. The van der Waals surface area contributed by atoms with E-state index in [0.29, 0.717) is 18.8 Å². The number of hydrogen-bond acceptors (Lipinski definition) is 4. The fourth-order valence-electron chi connectivity index (χ4n) is 3.36. The molecular weight excluding hydrogens is 256 g/mol. The van der Waals surface area contributed by atoms with Gasteiger partial charge >= 0.3 is 11.9 Å². The van der Waals surface area contributed by atoms with Gasteiger partial charge in [0.05, 0.1) is 14.2 Å². The van der Waals surface area contributed by atoms with E-state index in [1.807, 2.05) is 0 Å². The van der Waals surface area contributed by atoms with Crippen LogP contribution in [0, 0.1) is 17.8 Å². The molecule has 4 nitrogen and oxygen atoms in total. The summed E-state index contributed by atoms with van der Waals surface area (Å²) in [5.74, 6) is 0.885. The maximum Gasteiger partial charge on any atom is 0.305 e. The third kappa shape index (κ3) is 5.51. The standard InChI is InChI=1S/C16H28O4/c1-4-5-12-6-8-13(9-7-12)14(10-15(17)19-2)11-16(18)20-3/h12-14H,4-11H2,1-3H3/t12-,13-. The van der Waals surface area contributed by atoms with E-state index in [2.05, 4.69) is 6.92 Å². The summed E-state index contributed by atoms with van der Waals surface area (Å²) >= 11 is 0. The van der Waals surface area contributed by atoms with Crippen molar-refractivity contribution in [1.82, 2.24) is 0 Å². The normalized spacial score (nSPS) is 22.6. The molecule has 0 radical (unpaired) electrons. The summed E-state index contributed by atoms with van der Waals surface area (Å²) in [5, 5.41) is 0. The lowest BCUT2D eigenvalue weighted by Crippen LogP contribution is -2.26. The molecule has 0 aromatic heterocycles. The van der Waals surface area contributed by atoms with Crippen molar-refractivity contribution in [1.29, 1.82) is 0 Å². The molecule has 0 spiro atoms. The maximum atomic E-state index is 11.5. The van der Waals surface area contributed by atoms with Crippen molar-refractivity contribution in [3.63, 3.8) is 0 Å². The number of carbonyl (C=O) groups excluding carboxylic acids is 2. The van der Waals surface area contributed by atoms with Crippen LogP contribution in [0.1, 0.15) is 58.3 Å². The Balaban J connectivity index is 2.54. The highest BCUT2D eigenvalue weighted by Crippen LogP contribution is 2.38. The summed E-state index contributed by atoms with van der Waals surface area (Å²) in [6, 6.07) is 0. The van der Waals surface area contributed by atoms with Crippen LogP contribution in [0.15, 0.2) is 0 Å². The molecule has 1 aliphatic carbocycles. The number of hydrogen-bond donors (Lipinski definition) is 0. The second-order valence-corrected chi connectivity index (χ2v) is 5.89. The molecule has 0 atom stereocenters. The van der Waals surface area contributed by atoms with E-state index in [1.54, 1.807) is 0 Å². The first-order chi connectivity index (χ1) is 9.60. The number of methoxy groups -OCH3 is 2. The first kappa shape index (κ1) is 17.0. The van der Waals surface area contributed by atoms with E-state index in [-0.39, 0.29) is 17.9 Å². The van der Waals surface area contributed by atoms with Gasteiger partial charge in [0.15, 0.2) is 0 Å². The maximum absolute atomic E-state index is 11.5. The fourth-order valence-corrected chi connectivity index (χ4v) is 3.36. The van der Waals surface area contributed by atoms with E-state index in [9.17, 15) is 9.59 Å². The smallest absolute Gasteiger partial charge is 0.305 e. The lowest BCUT2D eigenvalue weighted by atomic mass is 9.73. The van der Waals surface area contributed by atoms with Crippen molar-refractivity contribution in [3.8, 4) is 0 Å². The van der Waals surface area contributed by atoms with Gasteiger partial charge in [0.1, 0.15) is 0 Å². The molecule has 0 aromatic carbocycles. The highest BCUT2D eigenvalue weighted by molar-refractivity contribution is 5.73. The Kier molecular flexibility index (Phi) is 7.63. The highest BCUT2D eigenvalue weighted by Gasteiger charge is 2.30. The molecule has 1 rings (SSSR count). The molecule has 116 valence electrons. The Morgan fingerprint density at radius 3 is 1.90 bits per heavy atom. The van der Waals surface area contributed by atoms with Crippen LogP contribution in [0.25, 0.3) is 0 Å². The molecule has 0 N–H and O–H groups in total. The van der Waals surface area contributed by atoms with Crippen LogP contribution in [0.5, 0.6) is 0 Å². The van der Waals surface area contributed by atoms with Crippen molar-refractivity contribution in [2.24, 2.45) is 17.8 Å². The minimum absolute atomic E-state index is 0.0671. The third-order valence-electron chi connectivity index (χ3n) is 4.57. The van der Waals surface area contributed by atoms with Crippen LogP contribution >= 0.6 is 0 Å². The zero-order chi connectivity index (χ0) is 15.0. The number of esters is 2. The largest absolute Gasteiger partial charge is 0.469 e. The minimum atomic E-state index is -0.227. The van der Waals surface area contributed by atoms with Crippen LogP contribution in [0.3, 0.4) is 0 Å². The van der Waals surface area contributed by atoms with Crippen molar-refractivity contribution in [2.45, 2.75) is 58.3 Å². The average molecular weight is 284 g/mol. The quantitative estimate of drug-likeness (QED) is 0.673. The molecule has 0 aromatic rings.